The molecule has 1 unspecified atom stereocenters. The molecule has 0 N–H and O–H groups in total. The van der Waals surface area contributed by atoms with Gasteiger partial charge >= 0.3 is 12.4 Å². The van der Waals surface area contributed by atoms with Crippen LogP contribution in [0.25, 0.3) is 0 Å². The summed E-state index contributed by atoms with van der Waals surface area (Å²) in [6, 6.07) is 13.8. The molecule has 1 atom stereocenters. The van der Waals surface area contributed by atoms with Crippen molar-refractivity contribution in [3.8, 4) is 6.07 Å². The van der Waals surface area contributed by atoms with Crippen LogP contribution in [0.5, 0.6) is 0 Å². The van der Waals surface area contributed by atoms with E-state index in [-0.39, 0.29) is 6.42 Å². The smallest absolute Gasteiger partial charge is 0.299 e. The lowest BCUT2D eigenvalue weighted by Gasteiger charge is -2.37. The molecule has 0 spiro atoms. The predicted octanol–water partition coefficient (Wildman–Crippen LogP) is 7.98. The van der Waals surface area contributed by atoms with Gasteiger partial charge in [-0.15, -0.1) is 0 Å². The van der Waals surface area contributed by atoms with Gasteiger partial charge in [0, 0.05) is 6.54 Å². The summed E-state index contributed by atoms with van der Waals surface area (Å²) in [5, 5.41) is 10.3. The molecule has 190 valence electrons. The van der Waals surface area contributed by atoms with Gasteiger partial charge in [-0.3, -0.25) is 4.90 Å². The first-order chi connectivity index (χ1) is 16.5. The normalized spacial score (nSPS) is 16.9. The van der Waals surface area contributed by atoms with E-state index in [0.29, 0.717) is 63.9 Å². The molecule has 0 amide bonds. The topological polar surface area (TPSA) is 27.0 Å². The Morgan fingerprint density at radius 2 is 1.46 bits per heavy atom. The summed E-state index contributed by atoms with van der Waals surface area (Å²) in [4.78, 5) is 2.09. The van der Waals surface area contributed by atoms with E-state index in [4.69, 9.17) is 0 Å². The molecule has 0 aliphatic heterocycles. The van der Waals surface area contributed by atoms with E-state index in [1.54, 1.807) is 0 Å². The van der Waals surface area contributed by atoms with Crippen molar-refractivity contribution in [2.75, 3.05) is 13.1 Å². The fourth-order valence-corrected chi connectivity index (χ4v) is 5.43. The molecule has 1 fully saturated rings. The number of benzene rings is 2. The zero-order chi connectivity index (χ0) is 25.7. The van der Waals surface area contributed by atoms with Crippen molar-refractivity contribution in [2.45, 2.75) is 69.8 Å². The summed E-state index contributed by atoms with van der Waals surface area (Å²) >= 11 is 0. The average Bonchev–Trinajstić information content (AvgIpc) is 3.36. The SMILES string of the molecule is CCN(CCCC(C#N)(c1c(C(F)(F)F)cccc1C(F)(F)F)C1CCCC1)Cc1ccccc1. The maximum absolute atomic E-state index is 14.0. The second kappa shape index (κ2) is 11.0. The summed E-state index contributed by atoms with van der Waals surface area (Å²) < 4.78 is 84.2. The molecule has 0 saturated heterocycles. The Balaban J connectivity index is 2.01. The molecule has 0 heterocycles. The molecule has 8 heteroatoms. The van der Waals surface area contributed by atoms with Crippen molar-refractivity contribution < 1.29 is 26.3 Å². The Kier molecular flexibility index (Phi) is 8.53. The number of nitrogens with zero attached hydrogens (tertiary/aromatic N) is 2. The third-order valence-corrected chi connectivity index (χ3v) is 7.11. The standard InChI is InChI=1S/C27H30F6N2/c1-2-35(18-20-10-4-3-5-11-20)17-9-16-25(19-34,21-12-6-7-13-21)24-22(26(28,29)30)14-8-15-23(24)27(31,32)33/h3-5,8,10-11,14-15,21H,2,6-7,9,12-13,16-18H2,1H3. The molecule has 1 saturated carbocycles. The van der Waals surface area contributed by atoms with Gasteiger partial charge in [0.25, 0.3) is 0 Å². The van der Waals surface area contributed by atoms with Gasteiger partial charge in [0.1, 0.15) is 0 Å². The second-order valence-corrected chi connectivity index (χ2v) is 9.25. The van der Waals surface area contributed by atoms with Crippen molar-refractivity contribution in [3.05, 3.63) is 70.8 Å². The van der Waals surface area contributed by atoms with Crippen LogP contribution >= 0.6 is 0 Å². The van der Waals surface area contributed by atoms with Gasteiger partial charge in [-0.05, 0) is 68.0 Å². The lowest BCUT2D eigenvalue weighted by Crippen LogP contribution is -2.38. The van der Waals surface area contributed by atoms with Crippen molar-refractivity contribution in [1.82, 2.24) is 4.90 Å². The zero-order valence-electron chi connectivity index (χ0n) is 19.7. The lowest BCUT2D eigenvalue weighted by atomic mass is 9.64. The van der Waals surface area contributed by atoms with Gasteiger partial charge in [0.2, 0.25) is 0 Å². The average molecular weight is 497 g/mol. The minimum atomic E-state index is -5.00. The molecule has 3 rings (SSSR count). The highest BCUT2D eigenvalue weighted by Gasteiger charge is 2.51. The van der Waals surface area contributed by atoms with E-state index < -0.39 is 40.4 Å². The number of alkyl halides is 6. The van der Waals surface area contributed by atoms with Crippen LogP contribution < -0.4 is 0 Å². The Morgan fingerprint density at radius 1 is 0.886 bits per heavy atom. The second-order valence-electron chi connectivity index (χ2n) is 9.25. The summed E-state index contributed by atoms with van der Waals surface area (Å²) in [5.74, 6) is -0.554. The van der Waals surface area contributed by atoms with Gasteiger partial charge in [-0.2, -0.15) is 31.6 Å². The van der Waals surface area contributed by atoms with Crippen LogP contribution in [0.15, 0.2) is 48.5 Å². The first-order valence-corrected chi connectivity index (χ1v) is 12.0. The number of hydrogen-bond acceptors (Lipinski definition) is 2. The van der Waals surface area contributed by atoms with Crippen molar-refractivity contribution >= 4 is 0 Å². The van der Waals surface area contributed by atoms with Crippen LogP contribution in [0.1, 0.15) is 67.7 Å². The van der Waals surface area contributed by atoms with Gasteiger partial charge in [-0.1, -0.05) is 56.2 Å². The molecule has 35 heavy (non-hydrogen) atoms. The maximum atomic E-state index is 14.0. The number of rotatable bonds is 9. The molecule has 2 aromatic rings. The Hall–Kier alpha value is -2.53. The molecule has 0 bridgehead atoms. The van der Waals surface area contributed by atoms with Crippen LogP contribution in [-0.4, -0.2) is 18.0 Å². The van der Waals surface area contributed by atoms with Gasteiger partial charge in [0.15, 0.2) is 0 Å². The minimum absolute atomic E-state index is 0.0599. The molecule has 2 aromatic carbocycles. The van der Waals surface area contributed by atoms with E-state index in [2.05, 4.69) is 4.90 Å². The van der Waals surface area contributed by atoms with Gasteiger partial charge in [-0.25, -0.2) is 0 Å². The quantitative estimate of drug-likeness (QED) is 0.329. The highest BCUT2D eigenvalue weighted by Crippen LogP contribution is 2.52. The highest BCUT2D eigenvalue weighted by atomic mass is 19.4. The Labute approximate surface area is 202 Å². The summed E-state index contributed by atoms with van der Waals surface area (Å²) in [6.45, 7) is 3.72. The van der Waals surface area contributed by atoms with Gasteiger partial charge < -0.3 is 0 Å². The maximum Gasteiger partial charge on any atom is 0.416 e. The lowest BCUT2D eigenvalue weighted by molar-refractivity contribution is -0.145. The van der Waals surface area contributed by atoms with Gasteiger partial charge in [0.05, 0.1) is 22.6 Å². The van der Waals surface area contributed by atoms with E-state index in [0.717, 1.165) is 11.6 Å². The molecule has 0 radical (unpaired) electrons. The molecular weight excluding hydrogens is 466 g/mol. The predicted molar refractivity (Wildman–Crippen MR) is 122 cm³/mol. The fraction of sp³-hybridized carbons (Fsp3) is 0.519. The third-order valence-electron chi connectivity index (χ3n) is 7.11. The highest BCUT2D eigenvalue weighted by molar-refractivity contribution is 5.49. The first kappa shape index (κ1) is 27.1. The van der Waals surface area contributed by atoms with E-state index in [1.807, 2.05) is 43.3 Å². The molecule has 1 aliphatic carbocycles. The van der Waals surface area contributed by atoms with Crippen LogP contribution in [0.4, 0.5) is 26.3 Å². The van der Waals surface area contributed by atoms with Crippen LogP contribution in [-0.2, 0) is 24.3 Å². The zero-order valence-corrected chi connectivity index (χ0v) is 19.7. The van der Waals surface area contributed by atoms with Crippen LogP contribution in [0.3, 0.4) is 0 Å². The van der Waals surface area contributed by atoms with Crippen molar-refractivity contribution in [3.63, 3.8) is 0 Å². The first-order valence-electron chi connectivity index (χ1n) is 12.0. The molecule has 1 aliphatic rings. The summed E-state index contributed by atoms with van der Waals surface area (Å²) in [5.41, 5.74) is -4.38. The largest absolute Gasteiger partial charge is 0.416 e. The van der Waals surface area contributed by atoms with E-state index in [1.165, 1.54) is 0 Å². The van der Waals surface area contributed by atoms with Crippen LogP contribution in [0, 0.1) is 17.2 Å². The molecular formula is C27H30F6N2. The third kappa shape index (κ3) is 6.19. The summed E-state index contributed by atoms with van der Waals surface area (Å²) in [6.07, 6.45) is -7.47. The Bertz CT molecular complexity index is 971. The van der Waals surface area contributed by atoms with E-state index >= 15 is 0 Å². The van der Waals surface area contributed by atoms with Crippen molar-refractivity contribution in [1.29, 1.82) is 5.26 Å². The molecule has 0 aromatic heterocycles. The Morgan fingerprint density at radius 3 is 1.94 bits per heavy atom. The fourth-order valence-electron chi connectivity index (χ4n) is 5.43. The monoisotopic (exact) mass is 496 g/mol. The number of nitriles is 1. The minimum Gasteiger partial charge on any atom is -0.299 e. The van der Waals surface area contributed by atoms with Crippen LogP contribution in [0.2, 0.25) is 0 Å². The number of hydrogen-bond donors (Lipinski definition) is 0. The number of halogens is 6. The summed E-state index contributed by atoms with van der Waals surface area (Å²) in [7, 11) is 0. The van der Waals surface area contributed by atoms with E-state index in [9.17, 15) is 31.6 Å². The molecule has 2 nitrogen and oxygen atoms in total. The van der Waals surface area contributed by atoms with Crippen molar-refractivity contribution in [2.24, 2.45) is 5.92 Å².